The molecular formula is C9H10ClN3O. The Hall–Kier alpha value is -1.42. The average Bonchev–Trinajstić information content (AvgIpc) is 2.18. The minimum atomic E-state index is 0.163. The highest BCUT2D eigenvalue weighted by molar-refractivity contribution is 6.32. The zero-order valence-electron chi connectivity index (χ0n) is 7.53. The predicted molar refractivity (Wildman–Crippen MR) is 55.7 cm³/mol. The molecule has 0 aliphatic carbocycles. The zero-order valence-corrected chi connectivity index (χ0v) is 8.29. The van der Waals surface area contributed by atoms with Crippen LogP contribution in [0.15, 0.2) is 19.0 Å². The van der Waals surface area contributed by atoms with Crippen LogP contribution in [0.2, 0.25) is 5.15 Å². The lowest BCUT2D eigenvalue weighted by atomic mass is 10.3. The van der Waals surface area contributed by atoms with Crippen LogP contribution in [0.25, 0.3) is 0 Å². The molecule has 0 saturated carbocycles. The van der Waals surface area contributed by atoms with Crippen molar-refractivity contribution in [3.8, 4) is 0 Å². The van der Waals surface area contributed by atoms with E-state index in [1.165, 1.54) is 6.33 Å². The third kappa shape index (κ3) is 2.53. The number of rotatable bonds is 5. The van der Waals surface area contributed by atoms with Crippen LogP contribution in [-0.2, 0) is 0 Å². The van der Waals surface area contributed by atoms with Gasteiger partial charge < -0.3 is 5.32 Å². The summed E-state index contributed by atoms with van der Waals surface area (Å²) in [5, 5.41) is 3.13. The highest BCUT2D eigenvalue weighted by Crippen LogP contribution is 2.16. The topological polar surface area (TPSA) is 54.9 Å². The molecule has 0 saturated heterocycles. The van der Waals surface area contributed by atoms with E-state index in [1.54, 1.807) is 6.08 Å². The number of nitrogens with zero attached hydrogens (tertiary/aromatic N) is 2. The van der Waals surface area contributed by atoms with Crippen molar-refractivity contribution in [1.82, 2.24) is 9.97 Å². The fourth-order valence-electron chi connectivity index (χ4n) is 0.912. The van der Waals surface area contributed by atoms with Crippen molar-refractivity contribution in [3.05, 3.63) is 29.7 Å². The van der Waals surface area contributed by atoms with Crippen molar-refractivity contribution in [2.75, 3.05) is 11.9 Å². The Morgan fingerprint density at radius 3 is 3.00 bits per heavy atom. The van der Waals surface area contributed by atoms with Crippen molar-refractivity contribution in [1.29, 1.82) is 0 Å². The molecule has 1 heterocycles. The Bertz CT molecular complexity index is 341. The first-order valence-electron chi connectivity index (χ1n) is 4.10. The fourth-order valence-corrected chi connectivity index (χ4v) is 1.09. The molecule has 14 heavy (non-hydrogen) atoms. The van der Waals surface area contributed by atoms with Crippen LogP contribution in [0.3, 0.4) is 0 Å². The summed E-state index contributed by atoms with van der Waals surface area (Å²) in [5.41, 5.74) is 0.290. The largest absolute Gasteiger partial charge is 0.369 e. The summed E-state index contributed by atoms with van der Waals surface area (Å²) in [6.07, 6.45) is 4.51. The molecule has 1 N–H and O–H groups in total. The van der Waals surface area contributed by atoms with E-state index in [0.29, 0.717) is 24.2 Å². The number of carbonyl (C=O) groups is 1. The summed E-state index contributed by atoms with van der Waals surface area (Å²) in [7, 11) is 0. The highest BCUT2D eigenvalue weighted by Gasteiger charge is 2.07. The Morgan fingerprint density at radius 2 is 2.36 bits per heavy atom. The SMILES string of the molecule is C=CCCNc1ncnc(Cl)c1C=O. The van der Waals surface area contributed by atoms with E-state index in [9.17, 15) is 4.79 Å². The molecule has 0 atom stereocenters. The van der Waals surface area contributed by atoms with Crippen molar-refractivity contribution < 1.29 is 4.79 Å². The number of hydrogen-bond donors (Lipinski definition) is 1. The Balaban J connectivity index is 2.79. The minimum Gasteiger partial charge on any atom is -0.369 e. The lowest BCUT2D eigenvalue weighted by Crippen LogP contribution is -2.06. The summed E-state index contributed by atoms with van der Waals surface area (Å²) in [4.78, 5) is 18.3. The molecule has 0 spiro atoms. The predicted octanol–water partition coefficient (Wildman–Crippen LogP) is 1.93. The number of aldehydes is 1. The molecule has 0 aliphatic heterocycles. The average molecular weight is 212 g/mol. The summed E-state index contributed by atoms with van der Waals surface area (Å²) in [6, 6.07) is 0. The van der Waals surface area contributed by atoms with Gasteiger partial charge in [0.2, 0.25) is 0 Å². The number of halogens is 1. The van der Waals surface area contributed by atoms with Gasteiger partial charge in [0.25, 0.3) is 0 Å². The van der Waals surface area contributed by atoms with Gasteiger partial charge in [-0.05, 0) is 6.42 Å². The van der Waals surface area contributed by atoms with Gasteiger partial charge in [-0.1, -0.05) is 17.7 Å². The third-order valence-electron chi connectivity index (χ3n) is 1.59. The van der Waals surface area contributed by atoms with E-state index in [2.05, 4.69) is 21.9 Å². The first-order chi connectivity index (χ1) is 6.79. The summed E-state index contributed by atoms with van der Waals surface area (Å²) in [6.45, 7) is 4.25. The monoisotopic (exact) mass is 211 g/mol. The van der Waals surface area contributed by atoms with Gasteiger partial charge in [0.15, 0.2) is 6.29 Å². The van der Waals surface area contributed by atoms with E-state index >= 15 is 0 Å². The highest BCUT2D eigenvalue weighted by atomic mass is 35.5. The van der Waals surface area contributed by atoms with Crippen LogP contribution >= 0.6 is 11.6 Å². The van der Waals surface area contributed by atoms with Crippen LogP contribution in [0.4, 0.5) is 5.82 Å². The Morgan fingerprint density at radius 1 is 1.57 bits per heavy atom. The van der Waals surface area contributed by atoms with Crippen LogP contribution in [-0.4, -0.2) is 22.8 Å². The second-order valence-electron chi connectivity index (χ2n) is 2.55. The van der Waals surface area contributed by atoms with E-state index in [1.807, 2.05) is 0 Å². The van der Waals surface area contributed by atoms with Gasteiger partial charge in [-0.2, -0.15) is 0 Å². The Kier molecular flexibility index (Phi) is 4.07. The van der Waals surface area contributed by atoms with Crippen LogP contribution < -0.4 is 5.32 Å². The van der Waals surface area contributed by atoms with Crippen LogP contribution in [0.5, 0.6) is 0 Å². The van der Waals surface area contributed by atoms with Gasteiger partial charge in [0, 0.05) is 6.54 Å². The van der Waals surface area contributed by atoms with E-state index in [0.717, 1.165) is 6.42 Å². The van der Waals surface area contributed by atoms with E-state index in [4.69, 9.17) is 11.6 Å². The molecule has 0 amide bonds. The minimum absolute atomic E-state index is 0.163. The molecule has 0 unspecified atom stereocenters. The number of carbonyl (C=O) groups excluding carboxylic acids is 1. The molecule has 0 bridgehead atoms. The normalized spacial score (nSPS) is 9.50. The van der Waals surface area contributed by atoms with Crippen molar-refractivity contribution in [2.45, 2.75) is 6.42 Å². The van der Waals surface area contributed by atoms with Crippen molar-refractivity contribution in [3.63, 3.8) is 0 Å². The molecule has 1 rings (SSSR count). The van der Waals surface area contributed by atoms with Gasteiger partial charge in [-0.3, -0.25) is 4.79 Å². The zero-order chi connectivity index (χ0) is 10.4. The number of hydrogen-bond acceptors (Lipinski definition) is 4. The van der Waals surface area contributed by atoms with Gasteiger partial charge in [0.1, 0.15) is 17.3 Å². The van der Waals surface area contributed by atoms with Crippen LogP contribution in [0.1, 0.15) is 16.8 Å². The summed E-state index contributed by atoms with van der Waals surface area (Å²) >= 11 is 5.70. The third-order valence-corrected chi connectivity index (χ3v) is 1.90. The number of anilines is 1. The quantitative estimate of drug-likeness (QED) is 0.350. The first kappa shape index (κ1) is 10.7. The lowest BCUT2D eigenvalue weighted by Gasteiger charge is -2.05. The van der Waals surface area contributed by atoms with Crippen LogP contribution in [0, 0.1) is 0 Å². The van der Waals surface area contributed by atoms with Gasteiger partial charge in [0.05, 0.1) is 5.56 Å². The van der Waals surface area contributed by atoms with Gasteiger partial charge in [-0.15, -0.1) is 6.58 Å². The Labute approximate surface area is 87.0 Å². The number of aromatic nitrogens is 2. The van der Waals surface area contributed by atoms with E-state index < -0.39 is 0 Å². The van der Waals surface area contributed by atoms with Gasteiger partial charge >= 0.3 is 0 Å². The first-order valence-corrected chi connectivity index (χ1v) is 4.47. The molecule has 1 aromatic rings. The van der Waals surface area contributed by atoms with Crippen molar-refractivity contribution in [2.24, 2.45) is 0 Å². The second-order valence-corrected chi connectivity index (χ2v) is 2.91. The lowest BCUT2D eigenvalue weighted by molar-refractivity contribution is 0.112. The summed E-state index contributed by atoms with van der Waals surface area (Å²) in [5.74, 6) is 0.460. The molecule has 5 heteroatoms. The smallest absolute Gasteiger partial charge is 0.156 e. The molecule has 0 radical (unpaired) electrons. The summed E-state index contributed by atoms with van der Waals surface area (Å²) < 4.78 is 0. The molecule has 0 aromatic carbocycles. The maximum absolute atomic E-state index is 10.7. The maximum atomic E-state index is 10.7. The van der Waals surface area contributed by atoms with Gasteiger partial charge in [-0.25, -0.2) is 9.97 Å². The molecule has 4 nitrogen and oxygen atoms in total. The molecule has 0 fully saturated rings. The fraction of sp³-hybridized carbons (Fsp3) is 0.222. The molecular weight excluding hydrogens is 202 g/mol. The van der Waals surface area contributed by atoms with Crippen molar-refractivity contribution >= 4 is 23.7 Å². The maximum Gasteiger partial charge on any atom is 0.156 e. The molecule has 1 aromatic heterocycles. The second kappa shape index (κ2) is 5.34. The standard InChI is InChI=1S/C9H10ClN3O/c1-2-3-4-11-9-7(5-14)8(10)12-6-13-9/h2,5-6H,1,3-4H2,(H,11,12,13). The number of nitrogens with one attached hydrogen (secondary N) is 1. The van der Waals surface area contributed by atoms with E-state index in [-0.39, 0.29) is 5.15 Å². The molecule has 74 valence electrons. The molecule has 0 aliphatic rings.